The minimum Gasteiger partial charge on any atom is -0.309 e. The molecule has 5 heterocycles. The van der Waals surface area contributed by atoms with Gasteiger partial charge in [-0.15, -0.1) is 0 Å². The lowest BCUT2D eigenvalue weighted by atomic mass is 9.50. The topological polar surface area (TPSA) is 57.8 Å². The van der Waals surface area contributed by atoms with E-state index in [-0.39, 0.29) is 0 Å². The number of likely N-dealkylation sites (tertiary alicyclic amines) is 1. The van der Waals surface area contributed by atoms with Crippen LogP contribution in [0.4, 0.5) is 0 Å². The molecule has 18 rings (SSSR count). The molecule has 0 aromatic heterocycles. The minimum atomic E-state index is 0.296. The summed E-state index contributed by atoms with van der Waals surface area (Å²) in [4.78, 5) is 8.05. The van der Waals surface area contributed by atoms with Gasteiger partial charge in [0.1, 0.15) is 0 Å². The van der Waals surface area contributed by atoms with E-state index >= 15 is 0 Å². The largest absolute Gasteiger partial charge is 0.309 e. The Kier molecular flexibility index (Phi) is 20.9. The van der Waals surface area contributed by atoms with Crippen LogP contribution < -0.4 is 21.3 Å². The fourth-order valence-electron chi connectivity index (χ4n) is 19.9. The van der Waals surface area contributed by atoms with Crippen LogP contribution in [0.3, 0.4) is 0 Å². The molecule has 0 spiro atoms. The van der Waals surface area contributed by atoms with Gasteiger partial charge in [-0.25, -0.2) is 0 Å². The number of nitrogens with zero attached hydrogens (tertiary/aromatic N) is 3. The van der Waals surface area contributed by atoms with Gasteiger partial charge in [0.25, 0.3) is 0 Å². The third-order valence-electron chi connectivity index (χ3n) is 22.6. The first-order chi connectivity index (χ1) is 37.0. The summed E-state index contributed by atoms with van der Waals surface area (Å²) in [6, 6.07) is 5.24. The van der Waals surface area contributed by atoms with Gasteiger partial charge in [0.05, 0.1) is 0 Å². The molecule has 0 radical (unpaired) electrons. The third-order valence-corrected chi connectivity index (χ3v) is 22.6. The zero-order valence-electron chi connectivity index (χ0n) is 57.3. The Hall–Kier alpha value is -0.280. The molecule has 4 N–H and O–H groups in total. The van der Waals surface area contributed by atoms with E-state index in [1.807, 2.05) is 0 Å². The SMILES string of the molecule is CC(C)(C)N1C2CC1C2.CC(C)(C)N1C2CCCC1CCC2.CC(C)(C)N1CC2CC2C1.CC(C)(C)NC12CC3CC(CC(C3)C1)C2.CC(C)(C)NC12CCC(CC1)CC2.CC(C)(C)NC1CCCCC1.CC(C)NC12CC(C1)C2. The summed E-state index contributed by atoms with van der Waals surface area (Å²) in [7, 11) is 0. The maximum Gasteiger partial charge on any atom is 0.0194 e. The van der Waals surface area contributed by atoms with Crippen LogP contribution in [-0.4, -0.2) is 114 Å². The first-order valence-corrected chi connectivity index (χ1v) is 35.4. The van der Waals surface area contributed by atoms with Gasteiger partial charge in [0, 0.05) is 99.2 Å². The predicted molar refractivity (Wildman–Crippen MR) is 347 cm³/mol. The number of nitrogens with one attached hydrogen (secondary N) is 4. The summed E-state index contributed by atoms with van der Waals surface area (Å²) in [5.74, 6) is 7.53. The van der Waals surface area contributed by atoms with Crippen molar-refractivity contribution in [3.63, 3.8) is 0 Å². The quantitative estimate of drug-likeness (QED) is 0.219. The lowest BCUT2D eigenvalue weighted by Crippen LogP contribution is -2.74. The van der Waals surface area contributed by atoms with E-state index in [9.17, 15) is 0 Å². The first-order valence-electron chi connectivity index (χ1n) is 35.4. The smallest absolute Gasteiger partial charge is 0.0194 e. The van der Waals surface area contributed by atoms with Gasteiger partial charge in [-0.2, -0.15) is 0 Å². The van der Waals surface area contributed by atoms with Crippen molar-refractivity contribution in [3.05, 3.63) is 0 Å². The van der Waals surface area contributed by atoms with Crippen LogP contribution in [0, 0.1) is 41.4 Å². The Morgan fingerprint density at radius 2 is 0.762 bits per heavy atom. The summed E-state index contributed by atoms with van der Waals surface area (Å²) in [5, 5.41) is 15.1. The van der Waals surface area contributed by atoms with E-state index in [2.05, 4.69) is 174 Å². The zero-order valence-corrected chi connectivity index (χ0v) is 57.3. The van der Waals surface area contributed by atoms with Crippen LogP contribution in [-0.2, 0) is 0 Å². The summed E-state index contributed by atoms with van der Waals surface area (Å²) < 4.78 is 0. The summed E-state index contributed by atoms with van der Waals surface area (Å²) in [6.45, 7) is 48.8. The second kappa shape index (κ2) is 25.4. The number of hydrogen-bond donors (Lipinski definition) is 4. The maximum atomic E-state index is 3.96. The molecule has 18 fully saturated rings. The standard InChI is InChI=1S/C14H25N.2C12H23N.C10H21N.C9H17N.2C8H15N/c1-13(2,3)15-14-7-10-4-11(8-14)6-12(5-10)9-14;1-11(2,3)13-12-7-4-10(5-8-12)6-9-12;1-12(2,3)13-10-6-4-7-11(13)9-5-8-10;1-10(2,3)11-9-7-5-4-6-8-9;1-9(2,3)10-5-7-4-8(7)6-10;1-8(2,3)9-6-4-7(9)5-6;1-6(2)9-8-3-7(4-8)5-8/h10-12,15H,4-9H2,1-3H3;10,13H,4-9H2,1-3H3;10-11H,4-9H2,1-3H3;9,11H,4-8H2,1-3H3;7-8H,4-6H2,1-3H3;6-7H,4-5H2,1-3H3;6-7,9H,3-5H2,1-2H3. The van der Waals surface area contributed by atoms with E-state index < -0.39 is 0 Å². The van der Waals surface area contributed by atoms with Gasteiger partial charge in [0.2, 0.25) is 0 Å². The van der Waals surface area contributed by atoms with Gasteiger partial charge in [0.15, 0.2) is 0 Å². The predicted octanol–water partition coefficient (Wildman–Crippen LogP) is 17.2. The van der Waals surface area contributed by atoms with Crippen molar-refractivity contribution in [2.24, 2.45) is 41.4 Å². The molecule has 2 atom stereocenters. The summed E-state index contributed by atoms with van der Waals surface area (Å²) >= 11 is 0. The van der Waals surface area contributed by atoms with E-state index in [4.69, 9.17) is 0 Å². The Morgan fingerprint density at radius 3 is 1.04 bits per heavy atom. The van der Waals surface area contributed by atoms with Crippen LogP contribution in [0.2, 0.25) is 0 Å². The molecule has 7 nitrogen and oxygen atoms in total. The van der Waals surface area contributed by atoms with Crippen molar-refractivity contribution in [3.8, 4) is 0 Å². The number of fused-ring (bicyclic) bond motifs is 6. The Morgan fingerprint density at radius 1 is 0.362 bits per heavy atom. The van der Waals surface area contributed by atoms with Crippen LogP contribution in [0.15, 0.2) is 0 Å². The zero-order chi connectivity index (χ0) is 58.5. The van der Waals surface area contributed by atoms with E-state index in [0.717, 1.165) is 71.6 Å². The molecule has 80 heavy (non-hydrogen) atoms. The number of piperidine rings is 3. The Balaban J connectivity index is 0.000000124. The fourth-order valence-corrected chi connectivity index (χ4v) is 19.9. The lowest BCUT2D eigenvalue weighted by Gasteiger charge is -2.66. The molecular formula is C73H139N7. The highest BCUT2D eigenvalue weighted by molar-refractivity contribution is 5.14. The Bertz CT molecular complexity index is 1790. The van der Waals surface area contributed by atoms with Gasteiger partial charge in [-0.1, -0.05) is 46.0 Å². The van der Waals surface area contributed by atoms with Gasteiger partial charge < -0.3 is 21.3 Å². The minimum absolute atomic E-state index is 0.296. The van der Waals surface area contributed by atoms with Crippen molar-refractivity contribution in [1.29, 1.82) is 0 Å². The van der Waals surface area contributed by atoms with Gasteiger partial charge >= 0.3 is 0 Å². The highest BCUT2D eigenvalue weighted by Crippen LogP contribution is 2.58. The first kappa shape index (κ1) is 65.7. The molecule has 5 aliphatic heterocycles. The second-order valence-corrected chi connectivity index (χ2v) is 37.4. The fraction of sp³-hybridized carbons (Fsp3) is 1.00. The molecule has 0 aromatic rings. The molecule has 13 saturated carbocycles. The summed E-state index contributed by atoms with van der Waals surface area (Å²) in [5.41, 5.74) is 3.87. The van der Waals surface area contributed by atoms with Crippen molar-refractivity contribution < 1.29 is 0 Å². The second-order valence-electron chi connectivity index (χ2n) is 37.4. The molecule has 5 saturated heterocycles. The highest BCUT2D eigenvalue weighted by Gasteiger charge is 2.57. The van der Waals surface area contributed by atoms with Crippen LogP contribution in [0.1, 0.15) is 325 Å². The van der Waals surface area contributed by atoms with E-state index in [1.54, 1.807) is 19.3 Å². The van der Waals surface area contributed by atoms with Crippen LogP contribution in [0.25, 0.3) is 0 Å². The van der Waals surface area contributed by atoms with Crippen LogP contribution in [0.5, 0.6) is 0 Å². The molecule has 18 aliphatic rings. The summed E-state index contributed by atoms with van der Waals surface area (Å²) in [6.07, 6.45) is 42.5. The molecule has 7 heteroatoms. The van der Waals surface area contributed by atoms with Crippen molar-refractivity contribution >= 4 is 0 Å². The van der Waals surface area contributed by atoms with Crippen molar-refractivity contribution in [2.75, 3.05) is 13.1 Å². The molecule has 0 aromatic carbocycles. The molecule has 13 aliphatic carbocycles. The maximum absolute atomic E-state index is 3.96. The highest BCUT2D eigenvalue weighted by atomic mass is 15.4. The van der Waals surface area contributed by atoms with Crippen molar-refractivity contribution in [1.82, 2.24) is 36.0 Å². The number of hydrogen-bond acceptors (Lipinski definition) is 7. The van der Waals surface area contributed by atoms with Gasteiger partial charge in [-0.05, 0) is 320 Å². The van der Waals surface area contributed by atoms with E-state index in [0.29, 0.717) is 55.9 Å². The monoisotopic (exact) mass is 1110 g/mol. The average molecular weight is 1110 g/mol. The van der Waals surface area contributed by atoms with Crippen molar-refractivity contribution in [2.45, 2.75) is 411 Å². The number of rotatable bonds is 5. The molecule has 466 valence electrons. The molecule has 0 amide bonds. The average Bonchev–Trinajstić information content (AvgIpc) is 3.84. The molecule has 2 unspecified atom stereocenters. The molecular weight excluding hydrogens is 975 g/mol. The lowest BCUT2D eigenvalue weighted by molar-refractivity contribution is -0.161. The Labute approximate surface area is 498 Å². The molecule has 12 bridgehead atoms. The normalized spacial score (nSPS) is 39.3. The van der Waals surface area contributed by atoms with E-state index in [1.165, 1.54) is 180 Å². The van der Waals surface area contributed by atoms with Gasteiger partial charge in [-0.3, -0.25) is 14.7 Å². The van der Waals surface area contributed by atoms with Crippen LogP contribution >= 0.6 is 0 Å². The third kappa shape index (κ3) is 18.4.